The lowest BCUT2D eigenvalue weighted by atomic mass is 10.2. The number of β-amino-alcohol motifs (C(OH)–C–C–N with tert-alkyl or cyclic N) is 1. The highest BCUT2D eigenvalue weighted by Crippen LogP contribution is 2.25. The lowest BCUT2D eigenvalue weighted by Gasteiger charge is -2.15. The molecule has 23 heavy (non-hydrogen) atoms. The van der Waals surface area contributed by atoms with Crippen LogP contribution in [0.1, 0.15) is 0 Å². The normalized spacial score (nSPS) is 14.7. The molecule has 0 spiro atoms. The fourth-order valence-electron chi connectivity index (χ4n) is 2.44. The minimum Gasteiger partial charge on any atom is -0.466 e. The summed E-state index contributed by atoms with van der Waals surface area (Å²) in [6.07, 6.45) is 0. The Balaban J connectivity index is 1.92. The lowest BCUT2D eigenvalue weighted by Crippen LogP contribution is -2.31. The molecule has 1 aliphatic heterocycles. The van der Waals surface area contributed by atoms with Crippen molar-refractivity contribution in [3.63, 3.8) is 0 Å². The molecule has 2 aromatic rings. The summed E-state index contributed by atoms with van der Waals surface area (Å²) in [7, 11) is 1.27. The second-order valence-corrected chi connectivity index (χ2v) is 5.64. The standard InChI is InChI=1S/C15H15N3O4S/c1-22-15(21)11-7-18(4-5-19)14(20)13(11)16-10-2-3-12-9(6-10)8-23-17-12/h2-3,6,8,16,19H,4-5,7H2,1H3. The van der Waals surface area contributed by atoms with Gasteiger partial charge in [-0.2, -0.15) is 4.37 Å². The Morgan fingerprint density at radius 1 is 1.52 bits per heavy atom. The molecule has 1 aromatic carbocycles. The van der Waals surface area contributed by atoms with Crippen LogP contribution in [0.4, 0.5) is 5.69 Å². The quantitative estimate of drug-likeness (QED) is 0.792. The molecule has 0 atom stereocenters. The van der Waals surface area contributed by atoms with Gasteiger partial charge in [0.15, 0.2) is 0 Å². The number of rotatable bonds is 5. The molecule has 7 nitrogen and oxygen atoms in total. The van der Waals surface area contributed by atoms with Crippen molar-refractivity contribution in [3.8, 4) is 0 Å². The molecule has 1 amide bonds. The number of carbonyl (C=O) groups is 2. The summed E-state index contributed by atoms with van der Waals surface area (Å²) in [5.74, 6) is -0.887. The van der Waals surface area contributed by atoms with Gasteiger partial charge in [-0.15, -0.1) is 0 Å². The molecular formula is C15H15N3O4S. The van der Waals surface area contributed by atoms with E-state index in [2.05, 4.69) is 9.69 Å². The Morgan fingerprint density at radius 2 is 2.35 bits per heavy atom. The van der Waals surface area contributed by atoms with Crippen LogP contribution in [0.5, 0.6) is 0 Å². The summed E-state index contributed by atoms with van der Waals surface area (Å²) in [6.45, 7) is 0.120. The summed E-state index contributed by atoms with van der Waals surface area (Å²) < 4.78 is 8.97. The summed E-state index contributed by atoms with van der Waals surface area (Å²) in [5, 5.41) is 14.9. The number of amides is 1. The first-order chi connectivity index (χ1) is 11.1. The molecule has 0 radical (unpaired) electrons. The summed E-state index contributed by atoms with van der Waals surface area (Å²) in [4.78, 5) is 25.7. The van der Waals surface area contributed by atoms with E-state index in [1.54, 1.807) is 6.07 Å². The van der Waals surface area contributed by atoms with E-state index in [1.165, 1.54) is 23.5 Å². The van der Waals surface area contributed by atoms with Crippen LogP contribution in [0.15, 0.2) is 34.8 Å². The first kappa shape index (κ1) is 15.4. The second kappa shape index (κ2) is 6.35. The highest BCUT2D eigenvalue weighted by molar-refractivity contribution is 7.04. The fraction of sp³-hybridized carbons (Fsp3) is 0.267. The number of aromatic nitrogens is 1. The lowest BCUT2D eigenvalue weighted by molar-refractivity contribution is -0.136. The molecule has 0 saturated heterocycles. The molecule has 0 bridgehead atoms. The smallest absolute Gasteiger partial charge is 0.337 e. The van der Waals surface area contributed by atoms with Crippen LogP contribution in [0.2, 0.25) is 0 Å². The van der Waals surface area contributed by atoms with Gasteiger partial charge in [0.1, 0.15) is 5.70 Å². The van der Waals surface area contributed by atoms with E-state index in [1.807, 2.05) is 17.5 Å². The van der Waals surface area contributed by atoms with Crippen LogP contribution in [-0.2, 0) is 14.3 Å². The van der Waals surface area contributed by atoms with E-state index in [4.69, 9.17) is 9.84 Å². The van der Waals surface area contributed by atoms with Gasteiger partial charge >= 0.3 is 5.97 Å². The minimum absolute atomic E-state index is 0.122. The third-order valence-electron chi connectivity index (χ3n) is 3.58. The third kappa shape index (κ3) is 2.90. The molecule has 2 N–H and O–H groups in total. The Bertz CT molecular complexity index is 799. The van der Waals surface area contributed by atoms with Crippen molar-refractivity contribution in [1.82, 2.24) is 9.27 Å². The average molecular weight is 333 g/mol. The molecule has 0 unspecified atom stereocenters. The number of carbonyl (C=O) groups excluding carboxylic acids is 2. The largest absolute Gasteiger partial charge is 0.466 e. The van der Waals surface area contributed by atoms with Gasteiger partial charge in [0, 0.05) is 23.0 Å². The number of aliphatic hydroxyl groups excluding tert-OH is 1. The Hall–Kier alpha value is -2.45. The number of fused-ring (bicyclic) bond motifs is 1. The predicted octanol–water partition coefficient (Wildman–Crippen LogP) is 0.970. The second-order valence-electron chi connectivity index (χ2n) is 5.01. The fourth-order valence-corrected chi connectivity index (χ4v) is 3.08. The van der Waals surface area contributed by atoms with E-state index in [-0.39, 0.29) is 36.9 Å². The molecule has 0 aliphatic carbocycles. The van der Waals surface area contributed by atoms with Crippen molar-refractivity contribution < 1.29 is 19.4 Å². The van der Waals surface area contributed by atoms with Gasteiger partial charge in [0.25, 0.3) is 5.91 Å². The van der Waals surface area contributed by atoms with E-state index < -0.39 is 5.97 Å². The maximum absolute atomic E-state index is 12.4. The van der Waals surface area contributed by atoms with Gasteiger partial charge in [0.2, 0.25) is 0 Å². The molecule has 2 heterocycles. The number of methoxy groups -OCH3 is 1. The van der Waals surface area contributed by atoms with E-state index in [0.717, 1.165) is 10.9 Å². The number of benzene rings is 1. The molecular weight excluding hydrogens is 318 g/mol. The Kier molecular flexibility index (Phi) is 4.26. The third-order valence-corrected chi connectivity index (χ3v) is 4.24. The van der Waals surface area contributed by atoms with Crippen LogP contribution < -0.4 is 5.32 Å². The first-order valence-corrected chi connectivity index (χ1v) is 7.80. The zero-order valence-electron chi connectivity index (χ0n) is 12.4. The van der Waals surface area contributed by atoms with Crippen LogP contribution in [-0.4, -0.2) is 53.1 Å². The molecule has 120 valence electrons. The minimum atomic E-state index is -0.556. The number of aliphatic hydroxyl groups is 1. The Morgan fingerprint density at radius 3 is 3.09 bits per heavy atom. The number of hydrogen-bond donors (Lipinski definition) is 2. The van der Waals surface area contributed by atoms with Crippen LogP contribution >= 0.6 is 11.5 Å². The highest BCUT2D eigenvalue weighted by atomic mass is 32.1. The predicted molar refractivity (Wildman–Crippen MR) is 86.0 cm³/mol. The van der Waals surface area contributed by atoms with Gasteiger partial charge in [-0.05, 0) is 29.7 Å². The van der Waals surface area contributed by atoms with E-state index in [9.17, 15) is 9.59 Å². The Labute approximate surface area is 136 Å². The van der Waals surface area contributed by atoms with E-state index >= 15 is 0 Å². The molecule has 0 saturated carbocycles. The first-order valence-electron chi connectivity index (χ1n) is 6.97. The van der Waals surface area contributed by atoms with Crippen molar-refractivity contribution in [1.29, 1.82) is 0 Å². The number of nitrogens with zero attached hydrogens (tertiary/aromatic N) is 2. The van der Waals surface area contributed by atoms with Crippen LogP contribution in [0, 0.1) is 0 Å². The zero-order chi connectivity index (χ0) is 16.4. The monoisotopic (exact) mass is 333 g/mol. The summed E-state index contributed by atoms with van der Waals surface area (Å²) in [6, 6.07) is 5.51. The van der Waals surface area contributed by atoms with Crippen LogP contribution in [0.25, 0.3) is 10.9 Å². The molecule has 1 aromatic heterocycles. The van der Waals surface area contributed by atoms with Crippen molar-refractivity contribution in [2.45, 2.75) is 0 Å². The van der Waals surface area contributed by atoms with Gasteiger partial charge in [-0.25, -0.2) is 4.79 Å². The van der Waals surface area contributed by atoms with Crippen molar-refractivity contribution in [2.24, 2.45) is 0 Å². The van der Waals surface area contributed by atoms with Crippen molar-refractivity contribution in [2.75, 3.05) is 32.1 Å². The van der Waals surface area contributed by atoms with Gasteiger partial charge in [0.05, 0.1) is 31.4 Å². The maximum Gasteiger partial charge on any atom is 0.337 e. The van der Waals surface area contributed by atoms with Crippen molar-refractivity contribution in [3.05, 3.63) is 34.8 Å². The van der Waals surface area contributed by atoms with Gasteiger partial charge in [-0.1, -0.05) is 0 Å². The van der Waals surface area contributed by atoms with Gasteiger partial charge < -0.3 is 20.1 Å². The maximum atomic E-state index is 12.4. The number of ether oxygens (including phenoxy) is 1. The van der Waals surface area contributed by atoms with Gasteiger partial charge in [-0.3, -0.25) is 4.79 Å². The number of esters is 1. The molecule has 0 fully saturated rings. The SMILES string of the molecule is COC(=O)C1=C(Nc2ccc3nscc3c2)C(=O)N(CCO)C1. The topological polar surface area (TPSA) is 91.8 Å². The summed E-state index contributed by atoms with van der Waals surface area (Å²) >= 11 is 1.35. The summed E-state index contributed by atoms with van der Waals surface area (Å²) in [5.41, 5.74) is 2.01. The molecule has 1 aliphatic rings. The van der Waals surface area contributed by atoms with E-state index in [0.29, 0.717) is 5.69 Å². The highest BCUT2D eigenvalue weighted by Gasteiger charge is 2.34. The number of hydrogen-bond acceptors (Lipinski definition) is 7. The number of anilines is 1. The zero-order valence-corrected chi connectivity index (χ0v) is 13.2. The van der Waals surface area contributed by atoms with Crippen LogP contribution in [0.3, 0.4) is 0 Å². The number of nitrogens with one attached hydrogen (secondary N) is 1. The molecule has 8 heteroatoms. The van der Waals surface area contributed by atoms with Crippen molar-refractivity contribution >= 4 is 40.0 Å². The average Bonchev–Trinajstić information content (AvgIpc) is 3.13. The molecule has 3 rings (SSSR count).